The minimum absolute atomic E-state index is 0.175. The van der Waals surface area contributed by atoms with Gasteiger partial charge in [-0.25, -0.2) is 4.79 Å². The summed E-state index contributed by atoms with van der Waals surface area (Å²) in [5.41, 5.74) is 1.91. The second-order valence-corrected chi connectivity index (χ2v) is 7.25. The number of nitrogens with one attached hydrogen (secondary N) is 1. The molecule has 2 atom stereocenters. The molecule has 1 aliphatic carbocycles. The zero-order valence-electron chi connectivity index (χ0n) is 16.2. The fraction of sp³-hybridized carbons (Fsp3) is 0.391. The molecule has 5 heteroatoms. The van der Waals surface area contributed by atoms with Crippen LogP contribution in [0.15, 0.2) is 54.6 Å². The van der Waals surface area contributed by atoms with E-state index in [0.717, 1.165) is 30.4 Å². The molecular weight excluding hydrogens is 354 g/mol. The molecule has 1 saturated carbocycles. The van der Waals surface area contributed by atoms with Gasteiger partial charge >= 0.3 is 5.97 Å². The number of carbonyl (C=O) groups is 2. The molecule has 0 aromatic heterocycles. The highest BCUT2D eigenvalue weighted by Crippen LogP contribution is 2.29. The highest BCUT2D eigenvalue weighted by molar-refractivity contribution is 5.81. The molecular formula is C23H27NO4. The van der Waals surface area contributed by atoms with E-state index in [1.165, 1.54) is 6.42 Å². The third-order valence-corrected chi connectivity index (χ3v) is 5.14. The summed E-state index contributed by atoms with van der Waals surface area (Å²) in [5, 5.41) is 2.97. The van der Waals surface area contributed by atoms with Crippen LogP contribution >= 0.6 is 0 Å². The SMILES string of the molecule is C[C@@H]1CCCC[C@H]1NC(=O)COC(=O)COc1ccccc1-c1ccccc1. The molecule has 0 radical (unpaired) electrons. The van der Waals surface area contributed by atoms with E-state index in [1.807, 2.05) is 54.6 Å². The molecule has 1 fully saturated rings. The second-order valence-electron chi connectivity index (χ2n) is 7.25. The number of rotatable bonds is 7. The molecule has 28 heavy (non-hydrogen) atoms. The van der Waals surface area contributed by atoms with Crippen molar-refractivity contribution in [3.8, 4) is 16.9 Å². The normalized spacial score (nSPS) is 18.9. The molecule has 0 bridgehead atoms. The number of para-hydroxylation sites is 1. The van der Waals surface area contributed by atoms with Crippen molar-refractivity contribution in [1.29, 1.82) is 0 Å². The van der Waals surface area contributed by atoms with Gasteiger partial charge in [0.25, 0.3) is 5.91 Å². The van der Waals surface area contributed by atoms with Gasteiger partial charge in [-0.3, -0.25) is 4.79 Å². The Morgan fingerprint density at radius 2 is 1.68 bits per heavy atom. The topological polar surface area (TPSA) is 64.6 Å². The summed E-state index contributed by atoms with van der Waals surface area (Å²) in [7, 11) is 0. The van der Waals surface area contributed by atoms with Crippen LogP contribution in [0.2, 0.25) is 0 Å². The molecule has 0 unspecified atom stereocenters. The van der Waals surface area contributed by atoms with Crippen LogP contribution in [0.4, 0.5) is 0 Å². The summed E-state index contributed by atoms with van der Waals surface area (Å²) < 4.78 is 10.7. The molecule has 3 rings (SSSR count). The first kappa shape index (κ1) is 19.9. The number of ether oxygens (including phenoxy) is 2. The Labute approximate surface area is 166 Å². The third kappa shape index (κ3) is 5.59. The standard InChI is InChI=1S/C23H27NO4/c1-17-9-5-7-13-20(17)24-22(25)15-28-23(26)16-27-21-14-8-6-12-19(21)18-10-3-2-4-11-18/h2-4,6,8,10-12,14,17,20H,5,7,9,13,15-16H2,1H3,(H,24,25)/t17-,20-/m1/s1. The van der Waals surface area contributed by atoms with Crippen molar-refractivity contribution < 1.29 is 19.1 Å². The van der Waals surface area contributed by atoms with E-state index < -0.39 is 5.97 Å². The Hall–Kier alpha value is -2.82. The highest BCUT2D eigenvalue weighted by Gasteiger charge is 2.23. The fourth-order valence-corrected chi connectivity index (χ4v) is 3.55. The summed E-state index contributed by atoms with van der Waals surface area (Å²) in [4.78, 5) is 24.0. The minimum Gasteiger partial charge on any atom is -0.481 e. The van der Waals surface area contributed by atoms with Crippen LogP contribution in [0.25, 0.3) is 11.1 Å². The summed E-state index contributed by atoms with van der Waals surface area (Å²) >= 11 is 0. The summed E-state index contributed by atoms with van der Waals surface area (Å²) in [6.07, 6.45) is 4.45. The predicted molar refractivity (Wildman–Crippen MR) is 108 cm³/mol. The Balaban J connectivity index is 1.47. The maximum absolute atomic E-state index is 12.0. The van der Waals surface area contributed by atoms with E-state index in [1.54, 1.807) is 0 Å². The number of benzene rings is 2. The van der Waals surface area contributed by atoms with Crippen molar-refractivity contribution in [2.45, 2.75) is 38.6 Å². The largest absolute Gasteiger partial charge is 0.481 e. The van der Waals surface area contributed by atoms with E-state index in [4.69, 9.17) is 9.47 Å². The maximum Gasteiger partial charge on any atom is 0.344 e. The molecule has 0 spiro atoms. The van der Waals surface area contributed by atoms with Gasteiger partial charge in [-0.15, -0.1) is 0 Å². The van der Waals surface area contributed by atoms with Gasteiger partial charge in [-0.2, -0.15) is 0 Å². The van der Waals surface area contributed by atoms with Crippen LogP contribution in [-0.2, 0) is 14.3 Å². The number of carbonyl (C=O) groups excluding carboxylic acids is 2. The van der Waals surface area contributed by atoms with Crippen molar-refractivity contribution in [2.24, 2.45) is 5.92 Å². The minimum atomic E-state index is -0.560. The van der Waals surface area contributed by atoms with Gasteiger partial charge in [0.15, 0.2) is 13.2 Å². The molecule has 148 valence electrons. The first-order valence-corrected chi connectivity index (χ1v) is 9.85. The zero-order chi connectivity index (χ0) is 19.8. The van der Waals surface area contributed by atoms with Gasteiger partial charge in [-0.1, -0.05) is 68.3 Å². The van der Waals surface area contributed by atoms with Crippen LogP contribution in [0.1, 0.15) is 32.6 Å². The van der Waals surface area contributed by atoms with E-state index in [9.17, 15) is 9.59 Å². The van der Waals surface area contributed by atoms with E-state index >= 15 is 0 Å². The van der Waals surface area contributed by atoms with Gasteiger partial charge in [0, 0.05) is 11.6 Å². The zero-order valence-corrected chi connectivity index (χ0v) is 16.2. The van der Waals surface area contributed by atoms with Crippen LogP contribution in [-0.4, -0.2) is 31.1 Å². The molecule has 0 aliphatic heterocycles. The van der Waals surface area contributed by atoms with Gasteiger partial charge in [0.2, 0.25) is 0 Å². The molecule has 5 nitrogen and oxygen atoms in total. The highest BCUT2D eigenvalue weighted by atomic mass is 16.6. The molecule has 1 aliphatic rings. The third-order valence-electron chi connectivity index (χ3n) is 5.14. The Morgan fingerprint density at radius 3 is 2.46 bits per heavy atom. The summed E-state index contributed by atoms with van der Waals surface area (Å²) in [5.74, 6) is 0.254. The lowest BCUT2D eigenvalue weighted by Crippen LogP contribution is -2.43. The lowest BCUT2D eigenvalue weighted by Gasteiger charge is -2.29. The van der Waals surface area contributed by atoms with Crippen LogP contribution in [0, 0.1) is 5.92 Å². The smallest absolute Gasteiger partial charge is 0.344 e. The lowest BCUT2D eigenvalue weighted by molar-refractivity contribution is -0.150. The number of hydrogen-bond donors (Lipinski definition) is 1. The molecule has 2 aromatic carbocycles. The first-order chi connectivity index (χ1) is 13.6. The van der Waals surface area contributed by atoms with Crippen molar-refractivity contribution >= 4 is 11.9 Å². The first-order valence-electron chi connectivity index (χ1n) is 9.85. The molecule has 0 heterocycles. The summed E-state index contributed by atoms with van der Waals surface area (Å²) in [6, 6.07) is 17.5. The van der Waals surface area contributed by atoms with Crippen molar-refractivity contribution in [3.05, 3.63) is 54.6 Å². The number of amides is 1. The van der Waals surface area contributed by atoms with E-state index in [2.05, 4.69) is 12.2 Å². The van der Waals surface area contributed by atoms with Gasteiger partial charge in [0.05, 0.1) is 0 Å². The predicted octanol–water partition coefficient (Wildman–Crippen LogP) is 3.97. The fourth-order valence-electron chi connectivity index (χ4n) is 3.55. The lowest BCUT2D eigenvalue weighted by atomic mass is 9.86. The molecule has 2 aromatic rings. The monoisotopic (exact) mass is 381 g/mol. The van der Waals surface area contributed by atoms with Gasteiger partial charge < -0.3 is 14.8 Å². The maximum atomic E-state index is 12.0. The van der Waals surface area contributed by atoms with Gasteiger partial charge in [-0.05, 0) is 30.4 Å². The van der Waals surface area contributed by atoms with Crippen molar-refractivity contribution in [3.63, 3.8) is 0 Å². The van der Waals surface area contributed by atoms with E-state index in [0.29, 0.717) is 11.7 Å². The molecule has 0 saturated heterocycles. The summed E-state index contributed by atoms with van der Waals surface area (Å²) in [6.45, 7) is 1.64. The Kier molecular flexibility index (Phi) is 7.06. The number of esters is 1. The van der Waals surface area contributed by atoms with E-state index in [-0.39, 0.29) is 25.2 Å². The second kappa shape index (κ2) is 9.93. The van der Waals surface area contributed by atoms with Crippen LogP contribution < -0.4 is 10.1 Å². The quantitative estimate of drug-likeness (QED) is 0.737. The van der Waals surface area contributed by atoms with Crippen molar-refractivity contribution in [1.82, 2.24) is 5.32 Å². The Morgan fingerprint density at radius 1 is 0.964 bits per heavy atom. The van der Waals surface area contributed by atoms with Gasteiger partial charge in [0.1, 0.15) is 5.75 Å². The van der Waals surface area contributed by atoms with Crippen LogP contribution in [0.3, 0.4) is 0 Å². The van der Waals surface area contributed by atoms with Crippen LogP contribution in [0.5, 0.6) is 5.75 Å². The Bertz CT molecular complexity index is 790. The number of hydrogen-bond acceptors (Lipinski definition) is 4. The average molecular weight is 381 g/mol. The molecule has 1 N–H and O–H groups in total. The molecule has 1 amide bonds. The average Bonchev–Trinajstić information content (AvgIpc) is 2.73. The van der Waals surface area contributed by atoms with Crippen molar-refractivity contribution in [2.75, 3.05) is 13.2 Å².